The molecule has 4 nitrogen and oxygen atoms in total. The number of likely N-dealkylation sites (tertiary alicyclic amines) is 1. The summed E-state index contributed by atoms with van der Waals surface area (Å²) in [6.45, 7) is 1.65. The van der Waals surface area contributed by atoms with Crippen molar-refractivity contribution in [2.45, 2.75) is 57.8 Å². The number of amides is 2. The zero-order chi connectivity index (χ0) is 16.8. The van der Waals surface area contributed by atoms with Gasteiger partial charge < -0.3 is 10.2 Å². The fraction of sp³-hybridized carbons (Fsp3) is 0.600. The molecule has 1 saturated heterocycles. The van der Waals surface area contributed by atoms with Crippen molar-refractivity contribution in [3.63, 3.8) is 0 Å². The van der Waals surface area contributed by atoms with E-state index in [1.54, 1.807) is 0 Å². The van der Waals surface area contributed by atoms with E-state index < -0.39 is 0 Å². The fourth-order valence-electron chi connectivity index (χ4n) is 3.90. The highest BCUT2D eigenvalue weighted by Gasteiger charge is 2.22. The maximum absolute atomic E-state index is 12.9. The minimum absolute atomic E-state index is 0.0398. The normalized spacial score (nSPS) is 19.1. The van der Waals surface area contributed by atoms with Crippen molar-refractivity contribution in [1.29, 1.82) is 0 Å². The van der Waals surface area contributed by atoms with Gasteiger partial charge in [-0.2, -0.15) is 0 Å². The van der Waals surface area contributed by atoms with Crippen LogP contribution in [0.2, 0.25) is 0 Å². The predicted octanol–water partition coefficient (Wildman–Crippen LogP) is 4.22. The summed E-state index contributed by atoms with van der Waals surface area (Å²) in [5.74, 6) is 0.602. The zero-order valence-electron chi connectivity index (χ0n) is 14.4. The Morgan fingerprint density at radius 1 is 0.958 bits per heavy atom. The second kappa shape index (κ2) is 8.32. The van der Waals surface area contributed by atoms with Gasteiger partial charge in [-0.3, -0.25) is 9.59 Å². The first-order valence-electron chi connectivity index (χ1n) is 9.42. The molecule has 1 saturated carbocycles. The van der Waals surface area contributed by atoms with Gasteiger partial charge in [0.2, 0.25) is 5.91 Å². The molecule has 2 aliphatic rings. The zero-order valence-corrected chi connectivity index (χ0v) is 14.4. The molecule has 24 heavy (non-hydrogen) atoms. The standard InChI is InChI=1S/C20H28N2O2/c23-19(15-16-9-3-4-10-16)21-18-12-6-5-11-17(18)20(24)22-13-7-1-2-8-14-22/h5-6,11-12,16H,1-4,7-10,13-15H2,(H,21,23). The lowest BCUT2D eigenvalue weighted by molar-refractivity contribution is -0.117. The smallest absolute Gasteiger partial charge is 0.255 e. The number of anilines is 1. The van der Waals surface area contributed by atoms with Crippen molar-refractivity contribution in [1.82, 2.24) is 4.90 Å². The van der Waals surface area contributed by atoms with E-state index in [4.69, 9.17) is 0 Å². The quantitative estimate of drug-likeness (QED) is 0.899. The molecule has 0 spiro atoms. The van der Waals surface area contributed by atoms with E-state index in [0.29, 0.717) is 23.6 Å². The molecule has 130 valence electrons. The van der Waals surface area contributed by atoms with Gasteiger partial charge in [-0.1, -0.05) is 37.8 Å². The Kier molecular flexibility index (Phi) is 5.89. The summed E-state index contributed by atoms with van der Waals surface area (Å²) in [7, 11) is 0. The van der Waals surface area contributed by atoms with E-state index in [-0.39, 0.29) is 11.8 Å². The van der Waals surface area contributed by atoms with E-state index in [2.05, 4.69) is 5.32 Å². The van der Waals surface area contributed by atoms with Crippen molar-refractivity contribution < 1.29 is 9.59 Å². The van der Waals surface area contributed by atoms with E-state index in [0.717, 1.165) is 38.8 Å². The Morgan fingerprint density at radius 2 is 1.62 bits per heavy atom. The third kappa shape index (κ3) is 4.37. The minimum Gasteiger partial charge on any atom is -0.339 e. The van der Waals surface area contributed by atoms with Crippen LogP contribution in [0.3, 0.4) is 0 Å². The second-order valence-electron chi connectivity index (χ2n) is 7.15. The number of nitrogens with one attached hydrogen (secondary N) is 1. The minimum atomic E-state index is 0.0398. The lowest BCUT2D eigenvalue weighted by Crippen LogP contribution is -2.32. The molecule has 0 bridgehead atoms. The number of para-hydroxylation sites is 1. The largest absolute Gasteiger partial charge is 0.339 e. The molecule has 2 amide bonds. The van der Waals surface area contributed by atoms with Crippen LogP contribution >= 0.6 is 0 Å². The number of rotatable bonds is 4. The first-order valence-corrected chi connectivity index (χ1v) is 9.42. The van der Waals surface area contributed by atoms with Crippen molar-refractivity contribution in [2.24, 2.45) is 5.92 Å². The van der Waals surface area contributed by atoms with E-state index >= 15 is 0 Å². The van der Waals surface area contributed by atoms with Gasteiger partial charge in [-0.15, -0.1) is 0 Å². The Morgan fingerprint density at radius 3 is 2.33 bits per heavy atom. The molecule has 0 atom stereocenters. The summed E-state index contributed by atoms with van der Waals surface area (Å²) in [5.41, 5.74) is 1.29. The Labute approximate surface area is 144 Å². The van der Waals surface area contributed by atoms with Crippen LogP contribution in [0.4, 0.5) is 5.69 Å². The van der Waals surface area contributed by atoms with E-state index in [1.165, 1.54) is 25.7 Å². The number of carbonyl (C=O) groups excluding carboxylic acids is 2. The van der Waals surface area contributed by atoms with Crippen molar-refractivity contribution >= 4 is 17.5 Å². The Balaban J connectivity index is 1.67. The van der Waals surface area contributed by atoms with Crippen LogP contribution in [0, 0.1) is 5.92 Å². The fourth-order valence-corrected chi connectivity index (χ4v) is 3.90. The first-order chi connectivity index (χ1) is 11.7. The monoisotopic (exact) mass is 328 g/mol. The Bertz CT molecular complexity index is 571. The van der Waals surface area contributed by atoms with Gasteiger partial charge in [-0.25, -0.2) is 0 Å². The van der Waals surface area contributed by atoms with Gasteiger partial charge in [0.1, 0.15) is 0 Å². The van der Waals surface area contributed by atoms with Gasteiger partial charge in [-0.05, 0) is 43.7 Å². The lowest BCUT2D eigenvalue weighted by Gasteiger charge is -2.22. The van der Waals surface area contributed by atoms with Crippen LogP contribution in [-0.2, 0) is 4.79 Å². The summed E-state index contributed by atoms with van der Waals surface area (Å²) in [4.78, 5) is 27.2. The SMILES string of the molecule is O=C(CC1CCCC1)Nc1ccccc1C(=O)N1CCCCCC1. The molecule has 0 radical (unpaired) electrons. The maximum Gasteiger partial charge on any atom is 0.255 e. The third-order valence-corrected chi connectivity index (χ3v) is 5.27. The average molecular weight is 328 g/mol. The molecule has 3 rings (SSSR count). The molecular weight excluding hydrogens is 300 g/mol. The molecule has 1 aliphatic heterocycles. The third-order valence-electron chi connectivity index (χ3n) is 5.27. The van der Waals surface area contributed by atoms with Crippen LogP contribution in [-0.4, -0.2) is 29.8 Å². The molecular formula is C20H28N2O2. The highest BCUT2D eigenvalue weighted by atomic mass is 16.2. The molecule has 1 aliphatic carbocycles. The summed E-state index contributed by atoms with van der Waals surface area (Å²) < 4.78 is 0. The van der Waals surface area contributed by atoms with Crippen LogP contribution in [0.1, 0.15) is 68.1 Å². The highest BCUT2D eigenvalue weighted by molar-refractivity contribution is 6.03. The second-order valence-corrected chi connectivity index (χ2v) is 7.15. The molecule has 2 fully saturated rings. The topological polar surface area (TPSA) is 49.4 Å². The molecule has 1 N–H and O–H groups in total. The highest BCUT2D eigenvalue weighted by Crippen LogP contribution is 2.28. The van der Waals surface area contributed by atoms with E-state index in [1.807, 2.05) is 29.2 Å². The van der Waals surface area contributed by atoms with Gasteiger partial charge >= 0.3 is 0 Å². The van der Waals surface area contributed by atoms with Crippen LogP contribution in [0.15, 0.2) is 24.3 Å². The summed E-state index contributed by atoms with van der Waals surface area (Å²) in [6.07, 6.45) is 9.90. The molecule has 0 aromatic heterocycles. The van der Waals surface area contributed by atoms with Crippen molar-refractivity contribution in [3.8, 4) is 0 Å². The average Bonchev–Trinajstić information content (AvgIpc) is 2.94. The molecule has 1 heterocycles. The van der Waals surface area contributed by atoms with Crippen molar-refractivity contribution in [3.05, 3.63) is 29.8 Å². The van der Waals surface area contributed by atoms with Crippen molar-refractivity contribution in [2.75, 3.05) is 18.4 Å². The summed E-state index contributed by atoms with van der Waals surface area (Å²) >= 11 is 0. The predicted molar refractivity (Wildman–Crippen MR) is 96.0 cm³/mol. The van der Waals surface area contributed by atoms with Gasteiger partial charge in [0.05, 0.1) is 11.3 Å². The summed E-state index contributed by atoms with van der Waals surface area (Å²) in [6, 6.07) is 7.43. The number of benzene rings is 1. The molecule has 1 aromatic rings. The van der Waals surface area contributed by atoms with Crippen LogP contribution < -0.4 is 5.32 Å². The molecule has 0 unspecified atom stereocenters. The summed E-state index contributed by atoms with van der Waals surface area (Å²) in [5, 5.41) is 2.99. The van der Waals surface area contributed by atoms with Crippen LogP contribution in [0.5, 0.6) is 0 Å². The number of carbonyl (C=O) groups is 2. The molecule has 4 heteroatoms. The van der Waals surface area contributed by atoms with Gasteiger partial charge in [0, 0.05) is 19.5 Å². The number of hydrogen-bond acceptors (Lipinski definition) is 2. The maximum atomic E-state index is 12.9. The van der Waals surface area contributed by atoms with Gasteiger partial charge in [0.15, 0.2) is 0 Å². The lowest BCUT2D eigenvalue weighted by atomic mass is 10.0. The Hall–Kier alpha value is -1.84. The molecule has 1 aromatic carbocycles. The van der Waals surface area contributed by atoms with E-state index in [9.17, 15) is 9.59 Å². The van der Waals surface area contributed by atoms with Gasteiger partial charge in [0.25, 0.3) is 5.91 Å². The first kappa shape index (κ1) is 17.0. The number of hydrogen-bond donors (Lipinski definition) is 1. The number of nitrogens with zero attached hydrogens (tertiary/aromatic N) is 1. The van der Waals surface area contributed by atoms with Crippen LogP contribution in [0.25, 0.3) is 0 Å².